The standard InChI is InChI=1S/C22H25BrClFN2O3/c1-4-14(2)26-22(29)15(3)27(12-16-7-5-6-8-19(16)25)21(28)13-30-20-10-9-17(24)11-18(20)23/h5-11,14-15H,4,12-13H2,1-3H3,(H,26,29). The van der Waals surface area contributed by atoms with Crippen molar-refractivity contribution in [2.24, 2.45) is 0 Å². The van der Waals surface area contributed by atoms with Crippen molar-refractivity contribution >= 4 is 39.3 Å². The minimum absolute atomic E-state index is 0.0355. The molecule has 0 fully saturated rings. The van der Waals surface area contributed by atoms with E-state index in [0.717, 1.165) is 6.42 Å². The molecule has 2 rings (SSSR count). The normalized spacial score (nSPS) is 12.7. The van der Waals surface area contributed by atoms with E-state index in [1.54, 1.807) is 43.3 Å². The first-order chi connectivity index (χ1) is 14.2. The highest BCUT2D eigenvalue weighted by atomic mass is 79.9. The summed E-state index contributed by atoms with van der Waals surface area (Å²) in [5.74, 6) is -0.741. The van der Waals surface area contributed by atoms with E-state index in [9.17, 15) is 14.0 Å². The van der Waals surface area contributed by atoms with Crippen LogP contribution < -0.4 is 10.1 Å². The lowest BCUT2D eigenvalue weighted by Gasteiger charge is -2.29. The quantitative estimate of drug-likeness (QED) is 0.531. The summed E-state index contributed by atoms with van der Waals surface area (Å²) >= 11 is 9.26. The lowest BCUT2D eigenvalue weighted by molar-refractivity contribution is -0.142. The fraction of sp³-hybridized carbons (Fsp3) is 0.364. The maximum atomic E-state index is 14.2. The molecule has 0 aromatic heterocycles. The minimum Gasteiger partial charge on any atom is -0.483 e. The largest absolute Gasteiger partial charge is 0.483 e. The maximum Gasteiger partial charge on any atom is 0.261 e. The molecule has 0 aliphatic heterocycles. The van der Waals surface area contributed by atoms with Crippen molar-refractivity contribution in [3.05, 3.63) is 63.3 Å². The first kappa shape index (κ1) is 24.2. The molecule has 162 valence electrons. The average Bonchev–Trinajstić information content (AvgIpc) is 2.71. The molecule has 0 aliphatic rings. The Morgan fingerprint density at radius 1 is 1.23 bits per heavy atom. The molecule has 0 heterocycles. The Morgan fingerprint density at radius 2 is 1.93 bits per heavy atom. The van der Waals surface area contributed by atoms with Gasteiger partial charge in [-0.1, -0.05) is 36.7 Å². The Bertz CT molecular complexity index is 896. The summed E-state index contributed by atoms with van der Waals surface area (Å²) in [6.45, 7) is 5.10. The van der Waals surface area contributed by atoms with Gasteiger partial charge in [0.15, 0.2) is 6.61 Å². The molecule has 30 heavy (non-hydrogen) atoms. The van der Waals surface area contributed by atoms with Gasteiger partial charge < -0.3 is 15.0 Å². The average molecular weight is 500 g/mol. The van der Waals surface area contributed by atoms with Crippen molar-refractivity contribution in [3.8, 4) is 5.75 Å². The number of hydrogen-bond donors (Lipinski definition) is 1. The Labute approximate surface area is 189 Å². The number of halogens is 3. The lowest BCUT2D eigenvalue weighted by Crippen LogP contribution is -2.50. The van der Waals surface area contributed by atoms with Gasteiger partial charge in [-0.2, -0.15) is 0 Å². The van der Waals surface area contributed by atoms with Crippen molar-refractivity contribution < 1.29 is 18.7 Å². The molecule has 1 N–H and O–H groups in total. The van der Waals surface area contributed by atoms with Crippen LogP contribution in [0, 0.1) is 5.82 Å². The summed E-state index contributed by atoms with van der Waals surface area (Å²) in [6.07, 6.45) is 0.757. The van der Waals surface area contributed by atoms with Gasteiger partial charge in [-0.3, -0.25) is 9.59 Å². The van der Waals surface area contributed by atoms with Gasteiger partial charge in [0.1, 0.15) is 17.6 Å². The van der Waals surface area contributed by atoms with Gasteiger partial charge in [0.05, 0.1) is 4.47 Å². The Morgan fingerprint density at radius 3 is 2.57 bits per heavy atom. The number of ether oxygens (including phenoxy) is 1. The van der Waals surface area contributed by atoms with Crippen molar-refractivity contribution in [2.45, 2.75) is 45.8 Å². The SMILES string of the molecule is CCC(C)NC(=O)C(C)N(Cc1ccccc1F)C(=O)COc1ccc(Cl)cc1Br. The third kappa shape index (κ3) is 6.71. The minimum atomic E-state index is -0.802. The van der Waals surface area contributed by atoms with Gasteiger partial charge in [-0.25, -0.2) is 4.39 Å². The van der Waals surface area contributed by atoms with Gasteiger partial charge in [0.2, 0.25) is 5.91 Å². The lowest BCUT2D eigenvalue weighted by atomic mass is 10.1. The van der Waals surface area contributed by atoms with E-state index in [1.807, 2.05) is 13.8 Å². The van der Waals surface area contributed by atoms with E-state index in [4.69, 9.17) is 16.3 Å². The number of nitrogens with one attached hydrogen (secondary N) is 1. The van der Waals surface area contributed by atoms with Gasteiger partial charge in [0, 0.05) is 23.2 Å². The summed E-state index contributed by atoms with van der Waals surface area (Å²) in [4.78, 5) is 26.9. The fourth-order valence-corrected chi connectivity index (χ4v) is 3.47. The molecular weight excluding hydrogens is 475 g/mol. The molecule has 2 unspecified atom stereocenters. The first-order valence-corrected chi connectivity index (χ1v) is 10.8. The van der Waals surface area contributed by atoms with Gasteiger partial charge >= 0.3 is 0 Å². The van der Waals surface area contributed by atoms with Gasteiger partial charge in [0.25, 0.3) is 5.91 Å². The monoisotopic (exact) mass is 498 g/mol. The van der Waals surface area contributed by atoms with E-state index >= 15 is 0 Å². The second-order valence-corrected chi connectivity index (χ2v) is 8.26. The van der Waals surface area contributed by atoms with E-state index in [2.05, 4.69) is 21.2 Å². The Balaban J connectivity index is 2.19. The molecule has 8 heteroatoms. The summed E-state index contributed by atoms with van der Waals surface area (Å²) < 4.78 is 20.4. The Hall–Kier alpha value is -2.12. The highest BCUT2D eigenvalue weighted by Gasteiger charge is 2.28. The summed E-state index contributed by atoms with van der Waals surface area (Å²) in [5.41, 5.74) is 0.321. The van der Waals surface area contributed by atoms with Crippen LogP contribution in [0.1, 0.15) is 32.8 Å². The van der Waals surface area contributed by atoms with Gasteiger partial charge in [-0.15, -0.1) is 0 Å². The van der Waals surface area contributed by atoms with E-state index in [1.165, 1.54) is 11.0 Å². The van der Waals surface area contributed by atoms with Crippen LogP contribution in [0.3, 0.4) is 0 Å². The molecule has 2 amide bonds. The number of benzene rings is 2. The molecule has 0 bridgehead atoms. The zero-order chi connectivity index (χ0) is 22.3. The van der Waals surface area contributed by atoms with E-state index < -0.39 is 17.8 Å². The molecule has 0 saturated heterocycles. The second kappa shape index (κ2) is 11.3. The van der Waals surface area contributed by atoms with Crippen LogP contribution in [-0.2, 0) is 16.1 Å². The number of hydrogen-bond acceptors (Lipinski definition) is 3. The molecule has 0 spiro atoms. The molecule has 0 aliphatic carbocycles. The molecule has 0 saturated carbocycles. The topological polar surface area (TPSA) is 58.6 Å². The van der Waals surface area contributed by atoms with Gasteiger partial charge in [-0.05, 0) is 60.5 Å². The van der Waals surface area contributed by atoms with Crippen molar-refractivity contribution in [1.29, 1.82) is 0 Å². The zero-order valence-electron chi connectivity index (χ0n) is 17.1. The number of amides is 2. The molecule has 2 atom stereocenters. The maximum absolute atomic E-state index is 14.2. The number of nitrogens with zero attached hydrogens (tertiary/aromatic N) is 1. The summed E-state index contributed by atoms with van der Waals surface area (Å²) in [5, 5.41) is 3.39. The zero-order valence-corrected chi connectivity index (χ0v) is 19.5. The van der Waals surface area contributed by atoms with Crippen LogP contribution in [0.15, 0.2) is 46.9 Å². The number of carbonyl (C=O) groups is 2. The van der Waals surface area contributed by atoms with Crippen LogP contribution in [0.5, 0.6) is 5.75 Å². The number of rotatable bonds is 9. The predicted molar refractivity (Wildman–Crippen MR) is 119 cm³/mol. The number of carbonyl (C=O) groups excluding carboxylic acids is 2. The first-order valence-electron chi connectivity index (χ1n) is 9.64. The summed E-state index contributed by atoms with van der Waals surface area (Å²) in [7, 11) is 0. The molecule has 2 aromatic rings. The smallest absolute Gasteiger partial charge is 0.261 e. The van der Waals surface area contributed by atoms with Crippen LogP contribution in [0.25, 0.3) is 0 Å². The molecule has 5 nitrogen and oxygen atoms in total. The van der Waals surface area contributed by atoms with Crippen LogP contribution in [0.2, 0.25) is 5.02 Å². The second-order valence-electron chi connectivity index (χ2n) is 6.97. The summed E-state index contributed by atoms with van der Waals surface area (Å²) in [6, 6.07) is 10.3. The highest BCUT2D eigenvalue weighted by molar-refractivity contribution is 9.10. The highest BCUT2D eigenvalue weighted by Crippen LogP contribution is 2.28. The van der Waals surface area contributed by atoms with Crippen molar-refractivity contribution in [1.82, 2.24) is 10.2 Å². The van der Waals surface area contributed by atoms with E-state index in [-0.39, 0.29) is 25.1 Å². The van der Waals surface area contributed by atoms with Crippen molar-refractivity contribution in [2.75, 3.05) is 6.61 Å². The predicted octanol–water partition coefficient (Wildman–Crippen LogP) is 4.95. The van der Waals surface area contributed by atoms with Crippen molar-refractivity contribution in [3.63, 3.8) is 0 Å². The third-order valence-corrected chi connectivity index (χ3v) is 5.57. The van der Waals surface area contributed by atoms with Crippen LogP contribution in [0.4, 0.5) is 4.39 Å². The third-order valence-electron chi connectivity index (χ3n) is 4.71. The molecule has 0 radical (unpaired) electrons. The van der Waals surface area contributed by atoms with Crippen LogP contribution >= 0.6 is 27.5 Å². The molecule has 2 aromatic carbocycles. The fourth-order valence-electron chi connectivity index (χ4n) is 2.67. The molecular formula is C22H25BrClFN2O3. The van der Waals surface area contributed by atoms with E-state index in [0.29, 0.717) is 20.8 Å². The Kier molecular flexibility index (Phi) is 9.11. The van der Waals surface area contributed by atoms with Crippen LogP contribution in [-0.4, -0.2) is 35.4 Å².